The first kappa shape index (κ1) is 11.5. The quantitative estimate of drug-likeness (QED) is 0.785. The number of thioether (sulfide) groups is 1. The zero-order valence-corrected chi connectivity index (χ0v) is 11.7. The monoisotopic (exact) mass is 284 g/mol. The highest BCUT2D eigenvalue weighted by Crippen LogP contribution is 2.47. The molecule has 15 heavy (non-hydrogen) atoms. The Balaban J connectivity index is 2.34. The Morgan fingerprint density at radius 2 is 2.13 bits per heavy atom. The van der Waals surface area contributed by atoms with Gasteiger partial charge in [-0.05, 0) is 49.3 Å². The molecule has 1 aromatic carbocycles. The van der Waals surface area contributed by atoms with E-state index in [1.807, 2.05) is 11.8 Å². The summed E-state index contributed by atoms with van der Waals surface area (Å²) in [6, 6.07) is 6.74. The summed E-state index contributed by atoms with van der Waals surface area (Å²) >= 11 is 5.52. The SMILES string of the molecule is CSCC1(c2ccc(Br)cc2C)CCC1. The van der Waals surface area contributed by atoms with Crippen molar-refractivity contribution in [1.29, 1.82) is 0 Å². The number of hydrogen-bond acceptors (Lipinski definition) is 1. The lowest BCUT2D eigenvalue weighted by molar-refractivity contribution is 0.277. The zero-order chi connectivity index (χ0) is 10.9. The van der Waals surface area contributed by atoms with Gasteiger partial charge in [-0.2, -0.15) is 11.8 Å². The molecule has 0 nitrogen and oxygen atoms in total. The summed E-state index contributed by atoms with van der Waals surface area (Å²) in [6.07, 6.45) is 6.36. The molecule has 1 aliphatic carbocycles. The van der Waals surface area contributed by atoms with Gasteiger partial charge >= 0.3 is 0 Å². The number of hydrogen-bond donors (Lipinski definition) is 0. The van der Waals surface area contributed by atoms with Crippen LogP contribution in [0.2, 0.25) is 0 Å². The highest BCUT2D eigenvalue weighted by Gasteiger charge is 2.38. The van der Waals surface area contributed by atoms with Crippen molar-refractivity contribution in [2.45, 2.75) is 31.6 Å². The fraction of sp³-hybridized carbons (Fsp3) is 0.538. The van der Waals surface area contributed by atoms with Crippen molar-refractivity contribution < 1.29 is 0 Å². The van der Waals surface area contributed by atoms with E-state index in [1.165, 1.54) is 35.1 Å². The van der Waals surface area contributed by atoms with E-state index in [0.717, 1.165) is 0 Å². The first-order valence-corrected chi connectivity index (χ1v) is 7.62. The summed E-state index contributed by atoms with van der Waals surface area (Å²) in [5, 5.41) is 0. The minimum Gasteiger partial charge on any atom is -0.165 e. The van der Waals surface area contributed by atoms with Gasteiger partial charge in [-0.1, -0.05) is 28.4 Å². The van der Waals surface area contributed by atoms with Crippen molar-refractivity contribution in [3.63, 3.8) is 0 Å². The molecule has 0 bridgehead atoms. The van der Waals surface area contributed by atoms with Crippen LogP contribution in [-0.2, 0) is 5.41 Å². The molecule has 1 fully saturated rings. The van der Waals surface area contributed by atoms with Crippen molar-refractivity contribution in [1.82, 2.24) is 0 Å². The second kappa shape index (κ2) is 4.50. The van der Waals surface area contributed by atoms with E-state index in [0.29, 0.717) is 5.41 Å². The molecule has 1 saturated carbocycles. The molecule has 1 aliphatic rings. The van der Waals surface area contributed by atoms with Gasteiger partial charge in [0.25, 0.3) is 0 Å². The summed E-state index contributed by atoms with van der Waals surface area (Å²) in [4.78, 5) is 0. The van der Waals surface area contributed by atoms with Gasteiger partial charge < -0.3 is 0 Å². The van der Waals surface area contributed by atoms with Crippen LogP contribution in [0.4, 0.5) is 0 Å². The number of benzene rings is 1. The van der Waals surface area contributed by atoms with Gasteiger partial charge in [-0.3, -0.25) is 0 Å². The normalized spacial score (nSPS) is 18.6. The van der Waals surface area contributed by atoms with Crippen molar-refractivity contribution in [3.8, 4) is 0 Å². The largest absolute Gasteiger partial charge is 0.165 e. The molecule has 0 heterocycles. The molecule has 0 amide bonds. The fourth-order valence-electron chi connectivity index (χ4n) is 2.59. The second-order valence-corrected chi connectivity index (χ2v) is 6.31. The Morgan fingerprint density at radius 1 is 1.40 bits per heavy atom. The van der Waals surface area contributed by atoms with Gasteiger partial charge in [-0.25, -0.2) is 0 Å². The van der Waals surface area contributed by atoms with E-state index in [4.69, 9.17) is 0 Å². The third-order valence-corrected chi connectivity index (χ3v) is 4.83. The van der Waals surface area contributed by atoms with Crippen LogP contribution in [0.15, 0.2) is 22.7 Å². The molecule has 0 radical (unpaired) electrons. The maximum atomic E-state index is 3.54. The first-order chi connectivity index (χ1) is 7.18. The molecule has 1 aromatic rings. The minimum atomic E-state index is 0.490. The third kappa shape index (κ3) is 2.12. The van der Waals surface area contributed by atoms with Crippen LogP contribution in [0.1, 0.15) is 30.4 Å². The number of halogens is 1. The standard InChI is InChI=1S/C13H17BrS/c1-10-8-11(14)4-5-12(10)13(9-15-2)6-3-7-13/h4-5,8H,3,6-7,9H2,1-2H3. The first-order valence-electron chi connectivity index (χ1n) is 5.43. The topological polar surface area (TPSA) is 0 Å². The molecule has 0 saturated heterocycles. The molecular formula is C13H17BrS. The molecule has 0 unspecified atom stereocenters. The summed E-state index contributed by atoms with van der Waals surface area (Å²) in [7, 11) is 0. The van der Waals surface area contributed by atoms with Gasteiger partial charge in [0.1, 0.15) is 0 Å². The molecule has 0 spiro atoms. The fourth-order valence-corrected chi connectivity index (χ4v) is 4.07. The summed E-state index contributed by atoms with van der Waals surface area (Å²) in [5.74, 6) is 1.27. The smallest absolute Gasteiger partial charge is 0.0178 e. The maximum absolute atomic E-state index is 3.54. The van der Waals surface area contributed by atoms with Gasteiger partial charge in [0.15, 0.2) is 0 Å². The van der Waals surface area contributed by atoms with Crippen molar-refractivity contribution >= 4 is 27.7 Å². The summed E-state index contributed by atoms with van der Waals surface area (Å²) in [5.41, 5.74) is 3.51. The molecule has 0 aliphatic heterocycles. The van der Waals surface area contributed by atoms with Crippen molar-refractivity contribution in [2.75, 3.05) is 12.0 Å². The molecule has 0 aromatic heterocycles. The highest BCUT2D eigenvalue weighted by molar-refractivity contribution is 9.10. The second-order valence-electron chi connectivity index (χ2n) is 4.53. The molecule has 2 rings (SSSR count). The Bertz CT molecular complexity index is 356. The van der Waals surface area contributed by atoms with E-state index in [2.05, 4.69) is 47.3 Å². The van der Waals surface area contributed by atoms with Crippen LogP contribution >= 0.6 is 27.7 Å². The molecule has 2 heteroatoms. The average Bonchev–Trinajstić information content (AvgIpc) is 2.12. The minimum absolute atomic E-state index is 0.490. The van der Waals surface area contributed by atoms with Gasteiger partial charge in [-0.15, -0.1) is 0 Å². The Hall–Kier alpha value is 0.0500. The zero-order valence-electron chi connectivity index (χ0n) is 9.35. The maximum Gasteiger partial charge on any atom is 0.0178 e. The van der Waals surface area contributed by atoms with E-state index >= 15 is 0 Å². The Kier molecular flexibility index (Phi) is 3.46. The molecule has 82 valence electrons. The number of rotatable bonds is 3. The van der Waals surface area contributed by atoms with E-state index in [-0.39, 0.29) is 0 Å². The summed E-state index contributed by atoms with van der Waals surface area (Å²) < 4.78 is 1.20. The van der Waals surface area contributed by atoms with Crippen LogP contribution < -0.4 is 0 Å². The predicted molar refractivity (Wildman–Crippen MR) is 72.8 cm³/mol. The van der Waals surface area contributed by atoms with Crippen LogP contribution in [0.25, 0.3) is 0 Å². The Morgan fingerprint density at radius 3 is 2.60 bits per heavy atom. The van der Waals surface area contributed by atoms with Gasteiger partial charge in [0.2, 0.25) is 0 Å². The molecule has 0 N–H and O–H groups in total. The number of aryl methyl sites for hydroxylation is 1. The lowest BCUT2D eigenvalue weighted by atomic mass is 9.65. The van der Waals surface area contributed by atoms with Gasteiger partial charge in [0.05, 0.1) is 0 Å². The van der Waals surface area contributed by atoms with Crippen molar-refractivity contribution in [2.24, 2.45) is 0 Å². The molecule has 0 atom stereocenters. The Labute approximate surface area is 105 Å². The lowest BCUT2D eigenvalue weighted by Gasteiger charge is -2.43. The van der Waals surface area contributed by atoms with Crippen LogP contribution in [0.3, 0.4) is 0 Å². The summed E-state index contributed by atoms with van der Waals surface area (Å²) in [6.45, 7) is 2.24. The van der Waals surface area contributed by atoms with Crippen LogP contribution in [0.5, 0.6) is 0 Å². The predicted octanol–water partition coefficient (Wildman–Crippen LogP) is 4.54. The van der Waals surface area contributed by atoms with Gasteiger partial charge in [0, 0.05) is 15.6 Å². The third-order valence-electron chi connectivity index (χ3n) is 3.49. The van der Waals surface area contributed by atoms with E-state index in [1.54, 1.807) is 5.56 Å². The molecular weight excluding hydrogens is 268 g/mol. The van der Waals surface area contributed by atoms with Crippen LogP contribution in [0, 0.1) is 6.92 Å². The van der Waals surface area contributed by atoms with E-state index < -0.39 is 0 Å². The van der Waals surface area contributed by atoms with Crippen LogP contribution in [-0.4, -0.2) is 12.0 Å². The lowest BCUT2D eigenvalue weighted by Crippen LogP contribution is -2.37. The van der Waals surface area contributed by atoms with Crippen molar-refractivity contribution in [3.05, 3.63) is 33.8 Å². The highest BCUT2D eigenvalue weighted by atomic mass is 79.9. The average molecular weight is 285 g/mol. The van der Waals surface area contributed by atoms with E-state index in [9.17, 15) is 0 Å².